The Labute approximate surface area is 278 Å². The Balaban J connectivity index is 1.37. The van der Waals surface area contributed by atoms with Gasteiger partial charge in [-0.2, -0.15) is 0 Å². The predicted octanol–water partition coefficient (Wildman–Crippen LogP) is 6.45. The zero-order valence-corrected chi connectivity index (χ0v) is 27.6. The van der Waals surface area contributed by atoms with Crippen molar-refractivity contribution in [3.05, 3.63) is 118 Å². The second kappa shape index (κ2) is 11.2. The normalized spacial score (nSPS) is 18.7. The molecule has 0 atom stereocenters. The van der Waals surface area contributed by atoms with Gasteiger partial charge in [0.1, 0.15) is 5.57 Å². The molecular formula is C41H36N4O3. The van der Waals surface area contributed by atoms with Gasteiger partial charge in [0.05, 0.1) is 0 Å². The Bertz CT molecular complexity index is 2390. The summed E-state index contributed by atoms with van der Waals surface area (Å²) in [5.74, 6) is -1.06. The van der Waals surface area contributed by atoms with E-state index in [4.69, 9.17) is 0 Å². The molecule has 1 aliphatic carbocycles. The molecule has 2 fully saturated rings. The first-order valence-corrected chi connectivity index (χ1v) is 16.6. The van der Waals surface area contributed by atoms with E-state index in [1.54, 1.807) is 13.8 Å². The second-order valence-electron chi connectivity index (χ2n) is 12.6. The van der Waals surface area contributed by atoms with Crippen molar-refractivity contribution in [3.63, 3.8) is 0 Å². The van der Waals surface area contributed by atoms with Gasteiger partial charge in [-0.25, -0.2) is 4.79 Å². The molecule has 2 aliphatic rings. The molecule has 0 radical (unpaired) electrons. The maximum absolute atomic E-state index is 14.0. The van der Waals surface area contributed by atoms with Crippen molar-refractivity contribution in [3.8, 4) is 0 Å². The van der Waals surface area contributed by atoms with E-state index < -0.39 is 17.8 Å². The van der Waals surface area contributed by atoms with E-state index >= 15 is 0 Å². The highest BCUT2D eigenvalue weighted by Crippen LogP contribution is 2.40. The van der Waals surface area contributed by atoms with E-state index in [2.05, 4.69) is 120 Å². The van der Waals surface area contributed by atoms with Crippen LogP contribution in [0.2, 0.25) is 0 Å². The number of aromatic nitrogens is 2. The molecule has 8 rings (SSSR count). The Morgan fingerprint density at radius 1 is 0.562 bits per heavy atom. The molecule has 1 aliphatic heterocycles. The fourth-order valence-corrected chi connectivity index (χ4v) is 7.84. The fraction of sp³-hybridized carbons (Fsp3) is 0.195. The quantitative estimate of drug-likeness (QED) is 0.166. The van der Waals surface area contributed by atoms with Crippen LogP contribution in [0.15, 0.2) is 107 Å². The number of hydrogen-bond acceptors (Lipinski definition) is 3. The Kier molecular flexibility index (Phi) is 6.95. The van der Waals surface area contributed by atoms with Gasteiger partial charge in [-0.3, -0.25) is 19.4 Å². The smallest absolute Gasteiger partial charge is 0.333 e. The number of rotatable bonds is 4. The van der Waals surface area contributed by atoms with Gasteiger partial charge in [0.25, 0.3) is 11.8 Å². The van der Waals surface area contributed by atoms with E-state index in [1.165, 1.54) is 31.3 Å². The molecule has 1 saturated carbocycles. The minimum atomic E-state index is -0.561. The molecule has 3 heterocycles. The van der Waals surface area contributed by atoms with Crippen LogP contribution in [0.3, 0.4) is 0 Å². The first-order valence-electron chi connectivity index (χ1n) is 16.6. The highest BCUT2D eigenvalue weighted by molar-refractivity contribution is 6.30. The summed E-state index contributed by atoms with van der Waals surface area (Å²) >= 11 is 0. The van der Waals surface area contributed by atoms with Gasteiger partial charge in [0.2, 0.25) is 0 Å². The predicted molar refractivity (Wildman–Crippen MR) is 193 cm³/mol. The number of carbonyl (C=O) groups excluding carboxylic acids is 3. The molecule has 4 aromatic carbocycles. The van der Waals surface area contributed by atoms with Crippen molar-refractivity contribution >= 4 is 73.3 Å². The number of barbiturate groups is 1. The van der Waals surface area contributed by atoms with Crippen LogP contribution in [-0.2, 0) is 23.7 Å². The topological polar surface area (TPSA) is 67.6 Å². The number of hydrogen-bond donors (Lipinski definition) is 0. The first kappa shape index (κ1) is 29.7. The standard InChI is InChI=1S/C41H36N4O3/c1-5-44-39(46)38(40(47)45(6-2)41(44)48)35-27(21-23-31-29-15-7-11-25-13-9-17-33(36(25)29)42(31)3)19-20-28(35)22-24-32-30-16-8-12-26-14-10-18-34(37(26)30)43(32)4/h7-18,21-24H,5-6,19-20H2,1-4H3/b27-21-,28-22-,31-23-,32-24-. The van der Waals surface area contributed by atoms with Crippen molar-refractivity contribution in [2.24, 2.45) is 14.1 Å². The van der Waals surface area contributed by atoms with Crippen molar-refractivity contribution in [1.82, 2.24) is 18.9 Å². The van der Waals surface area contributed by atoms with Crippen LogP contribution in [-0.4, -0.2) is 49.9 Å². The molecule has 0 N–H and O–H groups in total. The summed E-state index contributed by atoms with van der Waals surface area (Å²) in [6.45, 7) is 3.90. The number of likely N-dealkylation sites (N-methyl/N-ethyl adjacent to an activating group) is 2. The average molecular weight is 633 g/mol. The summed E-state index contributed by atoms with van der Waals surface area (Å²) < 4.78 is 4.39. The van der Waals surface area contributed by atoms with Crippen LogP contribution >= 0.6 is 0 Å². The highest BCUT2D eigenvalue weighted by Gasteiger charge is 2.43. The van der Waals surface area contributed by atoms with Crippen molar-refractivity contribution < 1.29 is 14.4 Å². The number of benzene rings is 4. The maximum Gasteiger partial charge on any atom is 0.333 e. The Morgan fingerprint density at radius 2 is 0.979 bits per heavy atom. The second-order valence-corrected chi connectivity index (χ2v) is 12.6. The number of imide groups is 2. The molecule has 7 heteroatoms. The van der Waals surface area contributed by atoms with E-state index in [9.17, 15) is 14.4 Å². The molecular weight excluding hydrogens is 596 g/mol. The minimum Gasteiger partial charge on any atom is -0.344 e. The van der Waals surface area contributed by atoms with E-state index in [1.807, 2.05) is 0 Å². The number of aryl methyl sites for hydroxylation is 2. The van der Waals surface area contributed by atoms with E-state index in [-0.39, 0.29) is 18.7 Å². The lowest BCUT2D eigenvalue weighted by Crippen LogP contribution is -2.56. The summed E-state index contributed by atoms with van der Waals surface area (Å²) in [4.78, 5) is 43.5. The van der Waals surface area contributed by atoms with Gasteiger partial charge in [-0.05, 0) is 78.5 Å². The van der Waals surface area contributed by atoms with Gasteiger partial charge >= 0.3 is 6.03 Å². The minimum absolute atomic E-state index is 0.0698. The maximum atomic E-state index is 14.0. The molecule has 48 heavy (non-hydrogen) atoms. The molecule has 1 saturated heterocycles. The number of allylic oxidation sites excluding steroid dienone is 5. The summed E-state index contributed by atoms with van der Waals surface area (Å²) in [5, 5.41) is 9.22. The molecule has 0 spiro atoms. The number of carbonyl (C=O) groups is 3. The van der Waals surface area contributed by atoms with Gasteiger partial charge < -0.3 is 9.13 Å². The van der Waals surface area contributed by atoms with Gasteiger partial charge in [-0.15, -0.1) is 0 Å². The molecule has 0 bridgehead atoms. The van der Waals surface area contributed by atoms with Crippen molar-refractivity contribution in [2.45, 2.75) is 26.7 Å². The fourth-order valence-electron chi connectivity index (χ4n) is 7.84. The third kappa shape index (κ3) is 4.23. The van der Waals surface area contributed by atoms with Crippen LogP contribution in [0.1, 0.15) is 26.7 Å². The first-order chi connectivity index (χ1) is 23.3. The Morgan fingerprint density at radius 3 is 1.40 bits per heavy atom. The van der Waals surface area contributed by atoms with Crippen LogP contribution in [0, 0.1) is 0 Å². The van der Waals surface area contributed by atoms with E-state index in [0.29, 0.717) is 18.4 Å². The highest BCUT2D eigenvalue weighted by atomic mass is 16.2. The molecule has 4 amide bonds. The van der Waals surface area contributed by atoms with Crippen LogP contribution in [0.5, 0.6) is 0 Å². The summed E-state index contributed by atoms with van der Waals surface area (Å²) in [6, 6.07) is 24.8. The number of urea groups is 1. The largest absolute Gasteiger partial charge is 0.344 e. The summed E-state index contributed by atoms with van der Waals surface area (Å²) in [7, 11) is 4.14. The van der Waals surface area contributed by atoms with Crippen LogP contribution in [0.25, 0.3) is 55.5 Å². The molecule has 238 valence electrons. The zero-order valence-electron chi connectivity index (χ0n) is 27.6. The molecule has 0 unspecified atom stereocenters. The lowest BCUT2D eigenvalue weighted by atomic mass is 9.95. The SMILES string of the molecule is CCN1C(=O)C(=C2/C(=C\C=c3\c4cccc5cccc(c54)n3C)CC/C2=C/C=c2/c3cccc4cccc(c43)n2C)C(=O)N(CC)C1=O. The van der Waals surface area contributed by atoms with Gasteiger partial charge in [-0.1, -0.05) is 72.8 Å². The lowest BCUT2D eigenvalue weighted by Gasteiger charge is -2.33. The number of amides is 4. The zero-order chi connectivity index (χ0) is 33.3. The third-order valence-electron chi connectivity index (χ3n) is 10.2. The van der Waals surface area contributed by atoms with E-state index in [0.717, 1.165) is 43.7 Å². The Hall–Kier alpha value is -5.69. The molecule has 7 nitrogen and oxygen atoms in total. The third-order valence-corrected chi connectivity index (χ3v) is 10.2. The number of nitrogens with zero attached hydrogens (tertiary/aromatic N) is 4. The lowest BCUT2D eigenvalue weighted by molar-refractivity contribution is -0.135. The van der Waals surface area contributed by atoms with Crippen molar-refractivity contribution in [1.29, 1.82) is 0 Å². The van der Waals surface area contributed by atoms with Crippen LogP contribution < -0.4 is 10.7 Å². The van der Waals surface area contributed by atoms with Crippen molar-refractivity contribution in [2.75, 3.05) is 13.1 Å². The summed E-state index contributed by atoms with van der Waals surface area (Å²) in [6.07, 6.45) is 9.66. The molecule has 6 aromatic rings. The molecule has 2 aromatic heterocycles. The summed E-state index contributed by atoms with van der Waals surface area (Å²) in [5.41, 5.74) is 4.82. The van der Waals surface area contributed by atoms with Crippen LogP contribution in [0.4, 0.5) is 4.79 Å². The average Bonchev–Trinajstić information content (AvgIpc) is 3.71. The van der Waals surface area contributed by atoms with Gasteiger partial charge in [0, 0.05) is 70.5 Å². The monoisotopic (exact) mass is 632 g/mol. The van der Waals surface area contributed by atoms with Gasteiger partial charge in [0.15, 0.2) is 0 Å².